The molecule has 4 nitrogen and oxygen atoms in total. The average Bonchev–Trinajstić information content (AvgIpc) is 2.34. The van der Waals surface area contributed by atoms with Crippen LogP contribution in [0.25, 0.3) is 0 Å². The van der Waals surface area contributed by atoms with Gasteiger partial charge in [0, 0.05) is 4.90 Å². The van der Waals surface area contributed by atoms with Gasteiger partial charge in [-0.2, -0.15) is 0 Å². The van der Waals surface area contributed by atoms with E-state index in [1.165, 1.54) is 11.8 Å². The summed E-state index contributed by atoms with van der Waals surface area (Å²) in [5, 5.41) is 0. The molecule has 0 unspecified atom stereocenters. The molecule has 20 heavy (non-hydrogen) atoms. The molecule has 6 heteroatoms. The van der Waals surface area contributed by atoms with Crippen LogP contribution in [0.4, 0.5) is 0 Å². The molecule has 0 spiro atoms. The van der Waals surface area contributed by atoms with E-state index in [0.717, 1.165) is 10.6 Å². The van der Waals surface area contributed by atoms with Gasteiger partial charge in [-0.15, -0.1) is 11.8 Å². The highest BCUT2D eigenvalue weighted by Gasteiger charge is 2.52. The van der Waals surface area contributed by atoms with Gasteiger partial charge in [-0.05, 0) is 36.1 Å². The number of ether oxygens (including phenoxy) is 1. The molecule has 114 valence electrons. The van der Waals surface area contributed by atoms with Gasteiger partial charge in [0.1, 0.15) is 10.2 Å². The smallest absolute Gasteiger partial charge is 0.342 e. The molecular formula is C14H23O4PS. The molecule has 0 aliphatic carbocycles. The second-order valence-corrected chi connectivity index (χ2v) is 8.86. The number of methoxy groups -OCH3 is 1. The van der Waals surface area contributed by atoms with E-state index in [9.17, 15) is 14.4 Å². The zero-order valence-electron chi connectivity index (χ0n) is 12.5. The SMILES string of the molecule is COc1ccc(SC(C(C)C)(C(C)C)P(=O)(O)O)cc1. The molecule has 0 saturated carbocycles. The number of hydrogen-bond donors (Lipinski definition) is 2. The van der Waals surface area contributed by atoms with Gasteiger partial charge in [-0.1, -0.05) is 27.7 Å². The molecule has 1 rings (SSSR count). The van der Waals surface area contributed by atoms with Gasteiger partial charge >= 0.3 is 7.60 Å². The van der Waals surface area contributed by atoms with Crippen molar-refractivity contribution in [2.75, 3.05) is 7.11 Å². The van der Waals surface area contributed by atoms with Crippen LogP contribution in [0.2, 0.25) is 0 Å². The third-order valence-corrected chi connectivity index (χ3v) is 8.16. The molecule has 0 aromatic heterocycles. The quantitative estimate of drug-likeness (QED) is 0.613. The van der Waals surface area contributed by atoms with E-state index in [4.69, 9.17) is 4.74 Å². The van der Waals surface area contributed by atoms with Gasteiger partial charge < -0.3 is 14.5 Å². The van der Waals surface area contributed by atoms with Crippen LogP contribution < -0.4 is 4.74 Å². The molecule has 0 aliphatic heterocycles. The van der Waals surface area contributed by atoms with Crippen LogP contribution >= 0.6 is 19.4 Å². The lowest BCUT2D eigenvalue weighted by molar-refractivity contribution is 0.301. The van der Waals surface area contributed by atoms with E-state index in [-0.39, 0.29) is 11.8 Å². The van der Waals surface area contributed by atoms with Crippen LogP contribution in [-0.4, -0.2) is 21.4 Å². The van der Waals surface area contributed by atoms with E-state index >= 15 is 0 Å². The van der Waals surface area contributed by atoms with Crippen LogP contribution in [-0.2, 0) is 4.57 Å². The molecule has 2 N–H and O–H groups in total. The Morgan fingerprint density at radius 1 is 1.10 bits per heavy atom. The summed E-state index contributed by atoms with van der Waals surface area (Å²) in [5.74, 6) is 0.413. The zero-order chi connectivity index (χ0) is 15.6. The Morgan fingerprint density at radius 2 is 1.55 bits per heavy atom. The fraction of sp³-hybridized carbons (Fsp3) is 0.571. The minimum absolute atomic E-state index is 0.157. The van der Waals surface area contributed by atoms with Gasteiger partial charge in [0.15, 0.2) is 0 Å². The normalized spacial score (nSPS) is 13.1. The minimum Gasteiger partial charge on any atom is -0.497 e. The molecule has 1 aromatic carbocycles. The number of thioether (sulfide) groups is 1. The lowest BCUT2D eigenvalue weighted by Crippen LogP contribution is -2.37. The van der Waals surface area contributed by atoms with Crippen molar-refractivity contribution in [2.24, 2.45) is 11.8 Å². The molecule has 1 aromatic rings. The maximum Gasteiger partial charge on any atom is 0.342 e. The Balaban J connectivity index is 3.21. The summed E-state index contributed by atoms with van der Waals surface area (Å²) in [7, 11) is -2.68. The first-order chi connectivity index (χ1) is 9.15. The third-order valence-electron chi connectivity index (χ3n) is 3.45. The van der Waals surface area contributed by atoms with Crippen LogP contribution in [0, 0.1) is 11.8 Å². The highest BCUT2D eigenvalue weighted by Crippen LogP contribution is 2.66. The highest BCUT2D eigenvalue weighted by molar-refractivity contribution is 8.06. The summed E-state index contributed by atoms with van der Waals surface area (Å²) in [6.07, 6.45) is 0. The highest BCUT2D eigenvalue weighted by atomic mass is 32.2. The summed E-state index contributed by atoms with van der Waals surface area (Å²) >= 11 is 1.26. The van der Waals surface area contributed by atoms with Crippen molar-refractivity contribution in [3.8, 4) is 5.75 Å². The van der Waals surface area contributed by atoms with Crippen molar-refractivity contribution >= 4 is 19.4 Å². The van der Waals surface area contributed by atoms with Crippen molar-refractivity contribution in [1.82, 2.24) is 0 Å². The largest absolute Gasteiger partial charge is 0.497 e. The first-order valence-corrected chi connectivity index (χ1v) is 8.96. The van der Waals surface area contributed by atoms with Crippen LogP contribution in [0.3, 0.4) is 0 Å². The van der Waals surface area contributed by atoms with E-state index in [1.807, 2.05) is 39.8 Å². The summed E-state index contributed by atoms with van der Waals surface area (Å²) in [6, 6.07) is 7.26. The number of benzene rings is 1. The molecule has 0 atom stereocenters. The number of rotatable bonds is 6. The Bertz CT molecular complexity index is 470. The fourth-order valence-electron chi connectivity index (χ4n) is 2.47. The molecule has 0 fully saturated rings. The third kappa shape index (κ3) is 3.40. The van der Waals surface area contributed by atoms with E-state index in [1.54, 1.807) is 19.2 Å². The average molecular weight is 318 g/mol. The Kier molecular flexibility index (Phi) is 5.73. The Hall–Kier alpha value is -0.480. The maximum atomic E-state index is 12.1. The topological polar surface area (TPSA) is 66.8 Å². The van der Waals surface area contributed by atoms with Crippen molar-refractivity contribution in [2.45, 2.75) is 37.1 Å². The van der Waals surface area contributed by atoms with Gasteiger partial charge in [0.05, 0.1) is 7.11 Å². The summed E-state index contributed by atoms with van der Waals surface area (Å²) in [6.45, 7) is 7.43. The predicted molar refractivity (Wildman–Crippen MR) is 83.3 cm³/mol. The van der Waals surface area contributed by atoms with E-state index in [0.29, 0.717) is 0 Å². The molecule has 0 saturated heterocycles. The summed E-state index contributed by atoms with van der Waals surface area (Å²) in [4.78, 5) is 20.6. The minimum atomic E-state index is -4.27. The van der Waals surface area contributed by atoms with Crippen LogP contribution in [0.1, 0.15) is 27.7 Å². The second-order valence-electron chi connectivity index (χ2n) is 5.38. The molecule has 0 heterocycles. The molecule has 0 radical (unpaired) electrons. The lowest BCUT2D eigenvalue weighted by Gasteiger charge is -2.40. The van der Waals surface area contributed by atoms with Gasteiger partial charge in [-0.25, -0.2) is 0 Å². The van der Waals surface area contributed by atoms with Gasteiger partial charge in [0.25, 0.3) is 0 Å². The first-order valence-electron chi connectivity index (χ1n) is 6.53. The van der Waals surface area contributed by atoms with Crippen LogP contribution in [0.15, 0.2) is 29.2 Å². The molecular weight excluding hydrogens is 295 g/mol. The predicted octanol–water partition coefficient (Wildman–Crippen LogP) is 3.97. The summed E-state index contributed by atoms with van der Waals surface area (Å²) < 4.78 is 16.1. The molecule has 0 aliphatic rings. The lowest BCUT2D eigenvalue weighted by atomic mass is 9.99. The molecule has 0 bridgehead atoms. The molecule has 0 amide bonds. The second kappa shape index (κ2) is 6.52. The standard InChI is InChI=1S/C14H23O4PS/c1-10(2)14(11(3)4,19(15,16)17)20-13-8-6-12(18-5)7-9-13/h6-11H,1-5H3,(H2,15,16,17). The first kappa shape index (κ1) is 17.6. The Labute approximate surface area is 125 Å². The summed E-state index contributed by atoms with van der Waals surface area (Å²) in [5.41, 5.74) is 0. The van der Waals surface area contributed by atoms with Gasteiger partial charge in [0.2, 0.25) is 0 Å². The maximum absolute atomic E-state index is 12.1. The van der Waals surface area contributed by atoms with Gasteiger partial charge in [-0.3, -0.25) is 4.57 Å². The van der Waals surface area contributed by atoms with Crippen molar-refractivity contribution < 1.29 is 19.1 Å². The van der Waals surface area contributed by atoms with Crippen molar-refractivity contribution in [1.29, 1.82) is 0 Å². The fourth-order valence-corrected chi connectivity index (χ4v) is 5.73. The van der Waals surface area contributed by atoms with Crippen LogP contribution in [0.5, 0.6) is 5.75 Å². The Morgan fingerprint density at radius 3 is 1.85 bits per heavy atom. The van der Waals surface area contributed by atoms with E-state index in [2.05, 4.69) is 0 Å². The monoisotopic (exact) mass is 318 g/mol. The van der Waals surface area contributed by atoms with Crippen molar-refractivity contribution in [3.05, 3.63) is 24.3 Å². The number of hydrogen-bond acceptors (Lipinski definition) is 3. The van der Waals surface area contributed by atoms with Crippen molar-refractivity contribution in [3.63, 3.8) is 0 Å². The van der Waals surface area contributed by atoms with E-state index < -0.39 is 12.1 Å². The zero-order valence-corrected chi connectivity index (χ0v) is 14.2.